The van der Waals surface area contributed by atoms with Gasteiger partial charge in [0.05, 0.1) is 5.56 Å². The van der Waals surface area contributed by atoms with Crippen molar-refractivity contribution >= 4 is 17.3 Å². The maximum atomic E-state index is 12.5. The molecular formula is C10H12F3N3O. The number of primary amides is 1. The minimum atomic E-state index is -4.53. The average molecular weight is 247 g/mol. The van der Waals surface area contributed by atoms with Crippen LogP contribution in [0.3, 0.4) is 0 Å². The highest BCUT2D eigenvalue weighted by Crippen LogP contribution is 2.35. The van der Waals surface area contributed by atoms with Crippen LogP contribution in [0.25, 0.3) is 0 Å². The fraction of sp³-hybridized carbons (Fsp3) is 0.300. The molecule has 0 aliphatic carbocycles. The molecule has 0 aliphatic heterocycles. The van der Waals surface area contributed by atoms with Crippen LogP contribution in [0.1, 0.15) is 12.5 Å². The van der Waals surface area contributed by atoms with Gasteiger partial charge in [-0.25, -0.2) is 0 Å². The van der Waals surface area contributed by atoms with Crippen LogP contribution in [0.2, 0.25) is 0 Å². The van der Waals surface area contributed by atoms with Crippen molar-refractivity contribution < 1.29 is 18.0 Å². The van der Waals surface area contributed by atoms with Gasteiger partial charge >= 0.3 is 6.18 Å². The summed E-state index contributed by atoms with van der Waals surface area (Å²) in [4.78, 5) is 10.8. The number of amides is 1. The Kier molecular flexibility index (Phi) is 3.50. The van der Waals surface area contributed by atoms with E-state index in [1.807, 2.05) is 0 Å². The molecule has 4 nitrogen and oxygen atoms in total. The molecule has 0 aliphatic rings. The summed E-state index contributed by atoms with van der Waals surface area (Å²) in [7, 11) is 0. The summed E-state index contributed by atoms with van der Waals surface area (Å²) in [6.07, 6.45) is -4.53. The SMILES string of the molecule is CC(Nc1ccc(N)c(C(F)(F)F)c1)C(N)=O. The van der Waals surface area contributed by atoms with Gasteiger partial charge < -0.3 is 16.8 Å². The number of anilines is 2. The van der Waals surface area contributed by atoms with Gasteiger partial charge in [0.2, 0.25) is 5.91 Å². The van der Waals surface area contributed by atoms with Crippen molar-refractivity contribution in [2.45, 2.75) is 19.1 Å². The number of nitrogens with one attached hydrogen (secondary N) is 1. The summed E-state index contributed by atoms with van der Waals surface area (Å²) in [5.74, 6) is -0.657. The molecule has 17 heavy (non-hydrogen) atoms. The number of carbonyl (C=O) groups is 1. The highest BCUT2D eigenvalue weighted by atomic mass is 19.4. The Morgan fingerprint density at radius 3 is 2.47 bits per heavy atom. The van der Waals surface area contributed by atoms with E-state index in [1.165, 1.54) is 13.0 Å². The highest BCUT2D eigenvalue weighted by molar-refractivity contribution is 5.82. The van der Waals surface area contributed by atoms with Crippen molar-refractivity contribution in [1.82, 2.24) is 0 Å². The summed E-state index contributed by atoms with van der Waals surface area (Å²) < 4.78 is 37.6. The van der Waals surface area contributed by atoms with Crippen LogP contribution in [0.4, 0.5) is 24.5 Å². The van der Waals surface area contributed by atoms with Gasteiger partial charge in [0.25, 0.3) is 0 Å². The first-order valence-corrected chi connectivity index (χ1v) is 4.74. The molecule has 1 rings (SSSR count). The van der Waals surface area contributed by atoms with Crippen molar-refractivity contribution in [3.63, 3.8) is 0 Å². The van der Waals surface area contributed by atoms with E-state index < -0.39 is 23.7 Å². The zero-order chi connectivity index (χ0) is 13.2. The van der Waals surface area contributed by atoms with E-state index in [4.69, 9.17) is 11.5 Å². The Bertz CT molecular complexity index is 431. The first-order valence-electron chi connectivity index (χ1n) is 4.74. The van der Waals surface area contributed by atoms with Crippen molar-refractivity contribution in [3.05, 3.63) is 23.8 Å². The Balaban J connectivity index is 3.01. The number of hydrogen-bond acceptors (Lipinski definition) is 3. The molecule has 1 atom stereocenters. The Labute approximate surface area is 95.8 Å². The Hall–Kier alpha value is -1.92. The van der Waals surface area contributed by atoms with Gasteiger partial charge in [-0.15, -0.1) is 0 Å². The topological polar surface area (TPSA) is 81.1 Å². The lowest BCUT2D eigenvalue weighted by atomic mass is 10.1. The molecule has 7 heteroatoms. The van der Waals surface area contributed by atoms with Crippen molar-refractivity contribution in [2.24, 2.45) is 5.73 Å². The van der Waals surface area contributed by atoms with E-state index in [2.05, 4.69) is 5.32 Å². The predicted octanol–water partition coefficient (Wildman–Crippen LogP) is 1.57. The molecule has 1 aromatic rings. The summed E-state index contributed by atoms with van der Waals surface area (Å²) in [6, 6.07) is 2.55. The van der Waals surface area contributed by atoms with Crippen LogP contribution in [0, 0.1) is 0 Å². The molecule has 0 saturated carbocycles. The van der Waals surface area contributed by atoms with Gasteiger partial charge in [-0.1, -0.05) is 0 Å². The van der Waals surface area contributed by atoms with Crippen molar-refractivity contribution in [3.8, 4) is 0 Å². The molecule has 0 aromatic heterocycles. The summed E-state index contributed by atoms with van der Waals surface area (Å²) in [5.41, 5.74) is 9.04. The lowest BCUT2D eigenvalue weighted by Gasteiger charge is -2.15. The van der Waals surface area contributed by atoms with Crippen LogP contribution >= 0.6 is 0 Å². The van der Waals surface area contributed by atoms with Crippen molar-refractivity contribution in [2.75, 3.05) is 11.1 Å². The molecule has 1 amide bonds. The van der Waals surface area contributed by atoms with Gasteiger partial charge in [-0.05, 0) is 25.1 Å². The number of halogens is 3. The molecular weight excluding hydrogens is 235 g/mol. The molecule has 0 radical (unpaired) electrons. The number of carbonyl (C=O) groups excluding carboxylic acids is 1. The Morgan fingerprint density at radius 1 is 1.41 bits per heavy atom. The molecule has 1 unspecified atom stereocenters. The minimum absolute atomic E-state index is 0.137. The second-order valence-electron chi connectivity index (χ2n) is 3.57. The summed E-state index contributed by atoms with van der Waals surface area (Å²) in [5, 5.41) is 2.55. The third-order valence-corrected chi connectivity index (χ3v) is 2.17. The molecule has 0 saturated heterocycles. The second-order valence-corrected chi connectivity index (χ2v) is 3.57. The number of benzene rings is 1. The first-order chi connectivity index (χ1) is 7.71. The predicted molar refractivity (Wildman–Crippen MR) is 58.1 cm³/mol. The molecule has 0 heterocycles. The fourth-order valence-electron chi connectivity index (χ4n) is 1.21. The van der Waals surface area contributed by atoms with Crippen LogP contribution in [0.15, 0.2) is 18.2 Å². The van der Waals surface area contributed by atoms with E-state index in [9.17, 15) is 18.0 Å². The van der Waals surface area contributed by atoms with Crippen molar-refractivity contribution in [1.29, 1.82) is 0 Å². The average Bonchev–Trinajstić information content (AvgIpc) is 2.19. The number of hydrogen-bond donors (Lipinski definition) is 3. The van der Waals surface area contributed by atoms with E-state index in [-0.39, 0.29) is 11.4 Å². The van der Waals surface area contributed by atoms with E-state index in [0.29, 0.717) is 0 Å². The molecule has 5 N–H and O–H groups in total. The van der Waals surface area contributed by atoms with Crippen LogP contribution in [0.5, 0.6) is 0 Å². The summed E-state index contributed by atoms with van der Waals surface area (Å²) in [6.45, 7) is 1.45. The maximum absolute atomic E-state index is 12.5. The first kappa shape index (κ1) is 13.1. The number of alkyl halides is 3. The number of rotatable bonds is 3. The van der Waals surface area contributed by atoms with Gasteiger partial charge in [0.15, 0.2) is 0 Å². The van der Waals surface area contributed by atoms with Crippen LogP contribution < -0.4 is 16.8 Å². The molecule has 0 bridgehead atoms. The van der Waals surface area contributed by atoms with Gasteiger partial charge in [0, 0.05) is 11.4 Å². The number of nitrogens with two attached hydrogens (primary N) is 2. The lowest BCUT2D eigenvalue weighted by Crippen LogP contribution is -2.32. The maximum Gasteiger partial charge on any atom is 0.418 e. The highest BCUT2D eigenvalue weighted by Gasteiger charge is 2.33. The smallest absolute Gasteiger partial charge is 0.398 e. The summed E-state index contributed by atoms with van der Waals surface area (Å²) >= 11 is 0. The monoisotopic (exact) mass is 247 g/mol. The normalized spacial score (nSPS) is 13.2. The van der Waals surface area contributed by atoms with Gasteiger partial charge in [0.1, 0.15) is 6.04 Å². The van der Waals surface area contributed by atoms with Crippen LogP contribution in [-0.2, 0) is 11.0 Å². The number of nitrogen functional groups attached to an aromatic ring is 1. The quantitative estimate of drug-likeness (QED) is 0.709. The standard InChI is InChI=1S/C10H12F3N3O/c1-5(9(15)17)16-6-2-3-8(14)7(4-6)10(11,12)13/h2-5,16H,14H2,1H3,(H2,15,17). The van der Waals surface area contributed by atoms with E-state index >= 15 is 0 Å². The van der Waals surface area contributed by atoms with E-state index in [0.717, 1.165) is 12.1 Å². The molecule has 94 valence electrons. The largest absolute Gasteiger partial charge is 0.418 e. The molecule has 0 fully saturated rings. The van der Waals surface area contributed by atoms with Gasteiger partial charge in [-0.2, -0.15) is 13.2 Å². The second kappa shape index (κ2) is 4.52. The third kappa shape index (κ3) is 3.27. The zero-order valence-corrected chi connectivity index (χ0v) is 9.01. The third-order valence-electron chi connectivity index (χ3n) is 2.17. The minimum Gasteiger partial charge on any atom is -0.398 e. The fourth-order valence-corrected chi connectivity index (χ4v) is 1.21. The van der Waals surface area contributed by atoms with E-state index in [1.54, 1.807) is 0 Å². The van der Waals surface area contributed by atoms with Gasteiger partial charge in [-0.3, -0.25) is 4.79 Å². The molecule has 0 spiro atoms. The Morgan fingerprint density at radius 2 is 2.00 bits per heavy atom. The zero-order valence-electron chi connectivity index (χ0n) is 9.01. The van der Waals surface area contributed by atoms with Crippen LogP contribution in [-0.4, -0.2) is 11.9 Å². The lowest BCUT2D eigenvalue weighted by molar-refractivity contribution is -0.136. The molecule has 1 aromatic carbocycles.